The van der Waals surface area contributed by atoms with Crippen LogP contribution in [0.2, 0.25) is 0 Å². The van der Waals surface area contributed by atoms with Gasteiger partial charge < -0.3 is 15.7 Å². The maximum Gasteiger partial charge on any atom is 0.0718 e. The molecule has 1 aromatic heterocycles. The van der Waals surface area contributed by atoms with Crippen molar-refractivity contribution in [3.05, 3.63) is 24.0 Å². The molecule has 2 rings (SSSR count). The third-order valence-corrected chi connectivity index (χ3v) is 3.43. The van der Waals surface area contributed by atoms with Crippen molar-refractivity contribution in [1.82, 2.24) is 9.88 Å². The summed E-state index contributed by atoms with van der Waals surface area (Å²) < 4.78 is 0. The first-order chi connectivity index (χ1) is 8.99. The normalized spacial score (nSPS) is 17.8. The lowest BCUT2D eigenvalue weighted by Crippen LogP contribution is -2.50. The van der Waals surface area contributed by atoms with Crippen LogP contribution >= 0.6 is 0 Å². The summed E-state index contributed by atoms with van der Waals surface area (Å²) >= 11 is 0. The monoisotopic (exact) mass is 264 g/mol. The fraction of sp³-hybridized carbons (Fsp3) is 0.643. The Hall–Kier alpha value is -1.17. The molecule has 0 unspecified atom stereocenters. The molecule has 0 bridgehead atoms. The average Bonchev–Trinajstić information content (AvgIpc) is 2.38. The summed E-state index contributed by atoms with van der Waals surface area (Å²) in [5.41, 5.74) is 7.43. The molecule has 5 nitrogen and oxygen atoms in total. The molecule has 1 saturated heterocycles. The van der Waals surface area contributed by atoms with Gasteiger partial charge in [0.1, 0.15) is 0 Å². The zero-order valence-corrected chi connectivity index (χ0v) is 11.8. The van der Waals surface area contributed by atoms with Gasteiger partial charge in [-0.05, 0) is 25.5 Å². The number of pyridine rings is 1. The van der Waals surface area contributed by atoms with Crippen molar-refractivity contribution >= 4 is 5.69 Å². The van der Waals surface area contributed by atoms with Gasteiger partial charge in [-0.3, -0.25) is 9.88 Å². The van der Waals surface area contributed by atoms with Crippen LogP contribution in [0, 0.1) is 0 Å². The Labute approximate surface area is 115 Å². The fourth-order valence-corrected chi connectivity index (χ4v) is 2.57. The van der Waals surface area contributed by atoms with E-state index in [1.807, 2.05) is 26.1 Å². The average molecular weight is 264 g/mol. The maximum absolute atomic E-state index is 9.85. The van der Waals surface area contributed by atoms with Crippen molar-refractivity contribution in [2.75, 3.05) is 37.6 Å². The van der Waals surface area contributed by atoms with Crippen molar-refractivity contribution in [3.63, 3.8) is 0 Å². The quantitative estimate of drug-likeness (QED) is 0.826. The molecule has 106 valence electrons. The minimum absolute atomic E-state index is 0.543. The van der Waals surface area contributed by atoms with Gasteiger partial charge in [0.15, 0.2) is 0 Å². The van der Waals surface area contributed by atoms with Crippen molar-refractivity contribution in [2.45, 2.75) is 26.0 Å². The second-order valence-electron chi connectivity index (χ2n) is 5.78. The number of aliphatic hydroxyl groups is 1. The van der Waals surface area contributed by atoms with E-state index in [1.165, 1.54) is 0 Å². The van der Waals surface area contributed by atoms with Crippen LogP contribution in [0.15, 0.2) is 18.5 Å². The Morgan fingerprint density at radius 1 is 1.32 bits per heavy atom. The number of nitrogens with zero attached hydrogens (tertiary/aromatic N) is 3. The molecular formula is C14H24N4O. The van der Waals surface area contributed by atoms with E-state index in [4.69, 9.17) is 5.73 Å². The van der Waals surface area contributed by atoms with E-state index in [-0.39, 0.29) is 0 Å². The summed E-state index contributed by atoms with van der Waals surface area (Å²) in [6.07, 6.45) is 3.68. The van der Waals surface area contributed by atoms with Crippen LogP contribution in [0.25, 0.3) is 0 Å². The molecule has 0 spiro atoms. The maximum atomic E-state index is 9.85. The summed E-state index contributed by atoms with van der Waals surface area (Å²) in [5.74, 6) is 0. The van der Waals surface area contributed by atoms with Crippen LogP contribution in [0.3, 0.4) is 0 Å². The molecule has 0 amide bonds. The Morgan fingerprint density at radius 3 is 2.58 bits per heavy atom. The Bertz CT molecular complexity index is 408. The molecule has 0 radical (unpaired) electrons. The van der Waals surface area contributed by atoms with Gasteiger partial charge in [0.25, 0.3) is 0 Å². The highest BCUT2D eigenvalue weighted by atomic mass is 16.3. The highest BCUT2D eigenvalue weighted by Crippen LogP contribution is 2.20. The number of hydrogen-bond acceptors (Lipinski definition) is 5. The summed E-state index contributed by atoms with van der Waals surface area (Å²) in [5, 5.41) is 9.85. The topological polar surface area (TPSA) is 65.6 Å². The van der Waals surface area contributed by atoms with E-state index in [9.17, 15) is 5.11 Å². The van der Waals surface area contributed by atoms with E-state index in [0.717, 1.165) is 44.0 Å². The number of piperazine rings is 1. The van der Waals surface area contributed by atoms with Gasteiger partial charge in [0, 0.05) is 45.5 Å². The van der Waals surface area contributed by atoms with Gasteiger partial charge in [-0.25, -0.2) is 0 Å². The molecule has 0 atom stereocenters. The third-order valence-electron chi connectivity index (χ3n) is 3.43. The molecule has 0 aromatic carbocycles. The van der Waals surface area contributed by atoms with Crippen LogP contribution in [0.5, 0.6) is 0 Å². The number of hydrogen-bond donors (Lipinski definition) is 2. The van der Waals surface area contributed by atoms with Crippen LogP contribution in [-0.4, -0.2) is 53.3 Å². The predicted octanol–water partition coefficient (Wildman–Crippen LogP) is 0.433. The number of β-amino-alcohol motifs (C(OH)–C–C–N with tert-alkyl or cyclic N) is 1. The van der Waals surface area contributed by atoms with Crippen molar-refractivity contribution in [2.24, 2.45) is 5.73 Å². The number of rotatable bonds is 4. The Balaban J connectivity index is 1.96. The molecular weight excluding hydrogens is 240 g/mol. The van der Waals surface area contributed by atoms with Crippen LogP contribution < -0.4 is 10.6 Å². The molecule has 1 fully saturated rings. The lowest BCUT2D eigenvalue weighted by molar-refractivity contribution is 0.0345. The lowest BCUT2D eigenvalue weighted by Gasteiger charge is -2.38. The highest BCUT2D eigenvalue weighted by molar-refractivity contribution is 5.52. The minimum atomic E-state index is -0.626. The zero-order valence-electron chi connectivity index (χ0n) is 11.8. The molecule has 0 saturated carbocycles. The third kappa shape index (κ3) is 3.89. The lowest BCUT2D eigenvalue weighted by atomic mass is 10.1. The van der Waals surface area contributed by atoms with Gasteiger partial charge in [-0.2, -0.15) is 0 Å². The van der Waals surface area contributed by atoms with Gasteiger partial charge in [0.2, 0.25) is 0 Å². The van der Waals surface area contributed by atoms with E-state index in [0.29, 0.717) is 6.54 Å². The molecule has 5 heteroatoms. The van der Waals surface area contributed by atoms with E-state index in [1.54, 1.807) is 6.20 Å². The molecule has 2 heterocycles. The standard InChI is InChI=1S/C14H24N4O/c1-14(2,19)11-17-5-7-18(8-6-17)13-10-16-4-3-12(13)9-15/h3-4,10,19H,5-9,11,15H2,1-2H3. The van der Waals surface area contributed by atoms with E-state index in [2.05, 4.69) is 14.8 Å². The molecule has 0 aliphatic carbocycles. The first-order valence-electron chi connectivity index (χ1n) is 6.82. The van der Waals surface area contributed by atoms with E-state index < -0.39 is 5.60 Å². The molecule has 1 aliphatic rings. The first-order valence-corrected chi connectivity index (χ1v) is 6.82. The zero-order chi connectivity index (χ0) is 13.9. The van der Waals surface area contributed by atoms with Crippen LogP contribution in [-0.2, 0) is 6.54 Å². The molecule has 19 heavy (non-hydrogen) atoms. The Morgan fingerprint density at radius 2 is 2.00 bits per heavy atom. The largest absolute Gasteiger partial charge is 0.389 e. The van der Waals surface area contributed by atoms with Gasteiger partial charge in [-0.1, -0.05) is 0 Å². The summed E-state index contributed by atoms with van der Waals surface area (Å²) in [4.78, 5) is 8.83. The van der Waals surface area contributed by atoms with Gasteiger partial charge in [0.05, 0.1) is 17.5 Å². The fourth-order valence-electron chi connectivity index (χ4n) is 2.57. The molecule has 1 aromatic rings. The SMILES string of the molecule is CC(C)(O)CN1CCN(c2cnccc2CN)CC1. The van der Waals surface area contributed by atoms with E-state index >= 15 is 0 Å². The minimum Gasteiger partial charge on any atom is -0.389 e. The molecule has 1 aliphatic heterocycles. The number of nitrogens with two attached hydrogens (primary N) is 1. The van der Waals surface area contributed by atoms with Crippen LogP contribution in [0.1, 0.15) is 19.4 Å². The van der Waals surface area contributed by atoms with Crippen molar-refractivity contribution < 1.29 is 5.11 Å². The van der Waals surface area contributed by atoms with Crippen molar-refractivity contribution in [3.8, 4) is 0 Å². The summed E-state index contributed by atoms with van der Waals surface area (Å²) in [7, 11) is 0. The second kappa shape index (κ2) is 5.86. The number of anilines is 1. The smallest absolute Gasteiger partial charge is 0.0718 e. The summed E-state index contributed by atoms with van der Waals surface area (Å²) in [6, 6.07) is 1.98. The van der Waals surface area contributed by atoms with Crippen LogP contribution in [0.4, 0.5) is 5.69 Å². The summed E-state index contributed by atoms with van der Waals surface area (Å²) in [6.45, 7) is 8.80. The second-order valence-corrected chi connectivity index (χ2v) is 5.78. The number of aromatic nitrogens is 1. The highest BCUT2D eigenvalue weighted by Gasteiger charge is 2.23. The Kier molecular flexibility index (Phi) is 4.39. The predicted molar refractivity (Wildman–Crippen MR) is 77.1 cm³/mol. The van der Waals surface area contributed by atoms with Gasteiger partial charge >= 0.3 is 0 Å². The van der Waals surface area contributed by atoms with Gasteiger partial charge in [-0.15, -0.1) is 0 Å². The van der Waals surface area contributed by atoms with Crippen molar-refractivity contribution in [1.29, 1.82) is 0 Å². The molecule has 3 N–H and O–H groups in total. The first kappa shape index (κ1) is 14.2.